The third-order valence-corrected chi connectivity index (χ3v) is 4.34. The van der Waals surface area contributed by atoms with Gasteiger partial charge in [0.05, 0.1) is 6.61 Å². The zero-order valence-electron chi connectivity index (χ0n) is 11.5. The van der Waals surface area contributed by atoms with Gasteiger partial charge < -0.3 is 24.1 Å². The minimum absolute atomic E-state index is 0.00921. The highest BCUT2D eigenvalue weighted by Crippen LogP contribution is 2.35. The molecule has 0 aliphatic carbocycles. The van der Waals surface area contributed by atoms with Gasteiger partial charge in [-0.25, -0.2) is 0 Å². The van der Waals surface area contributed by atoms with Crippen molar-refractivity contribution in [1.29, 1.82) is 0 Å². The monoisotopic (exact) mass is 342 g/mol. The molecule has 2 aromatic heterocycles. The highest BCUT2D eigenvalue weighted by Gasteiger charge is 2.21. The fourth-order valence-electron chi connectivity index (χ4n) is 1.85. The molecule has 2 aliphatic rings. The molecule has 0 bridgehead atoms. The van der Waals surface area contributed by atoms with Crippen molar-refractivity contribution in [2.45, 2.75) is 12.2 Å². The lowest BCUT2D eigenvalue weighted by Crippen LogP contribution is -2.31. The van der Waals surface area contributed by atoms with Crippen molar-refractivity contribution in [3.8, 4) is 23.0 Å². The van der Waals surface area contributed by atoms with Crippen LogP contribution < -0.4 is 18.9 Å². The average molecular weight is 342 g/mol. The van der Waals surface area contributed by atoms with Crippen molar-refractivity contribution in [2.75, 3.05) is 19.8 Å². The zero-order valence-corrected chi connectivity index (χ0v) is 13.1. The highest BCUT2D eigenvalue weighted by molar-refractivity contribution is 7.08. The van der Waals surface area contributed by atoms with E-state index in [9.17, 15) is 4.79 Å². The van der Waals surface area contributed by atoms with Crippen LogP contribution in [0, 0.1) is 0 Å². The van der Waals surface area contributed by atoms with E-state index in [1.165, 1.54) is 22.7 Å². The van der Waals surface area contributed by atoms with Crippen molar-refractivity contribution in [3.63, 3.8) is 0 Å². The third-order valence-electron chi connectivity index (χ3n) is 2.94. The smallest absolute Gasteiger partial charge is 0.187 e. The molecule has 0 saturated heterocycles. The van der Waals surface area contributed by atoms with Gasteiger partial charge in [0.25, 0.3) is 0 Å². The highest BCUT2D eigenvalue weighted by atomic mass is 32.1. The molecule has 8 heteroatoms. The van der Waals surface area contributed by atoms with Crippen LogP contribution in [-0.4, -0.2) is 43.4 Å². The number of carbonyl (C=O) groups is 1. The van der Waals surface area contributed by atoms with Gasteiger partial charge >= 0.3 is 0 Å². The number of aldehydes is 1. The SMILES string of the molecule is O=CC1COc2cscc2O1.OCC1COc2cscc2O1. The summed E-state index contributed by atoms with van der Waals surface area (Å²) in [5.74, 6) is 2.96. The molecule has 2 aliphatic heterocycles. The second-order valence-corrected chi connectivity index (χ2v) is 6.02. The van der Waals surface area contributed by atoms with Crippen LogP contribution in [0.3, 0.4) is 0 Å². The van der Waals surface area contributed by atoms with Crippen LogP contribution >= 0.6 is 22.7 Å². The van der Waals surface area contributed by atoms with Crippen molar-refractivity contribution >= 4 is 29.0 Å². The standard InChI is InChI=1S/C7H8O3S.C7H6O3S/c2*8-1-5-2-9-6-3-11-4-7(6)10-5/h3-5,8H,1-2H2;1,3-5H,2H2. The van der Waals surface area contributed by atoms with E-state index < -0.39 is 6.10 Å². The Morgan fingerprint density at radius 2 is 1.59 bits per heavy atom. The van der Waals surface area contributed by atoms with Crippen LogP contribution in [0.2, 0.25) is 0 Å². The summed E-state index contributed by atoms with van der Waals surface area (Å²) >= 11 is 3.04. The van der Waals surface area contributed by atoms with Crippen molar-refractivity contribution in [1.82, 2.24) is 0 Å². The van der Waals surface area contributed by atoms with Gasteiger partial charge in [-0.05, 0) is 0 Å². The lowest BCUT2D eigenvalue weighted by Gasteiger charge is -2.22. The molecular weight excluding hydrogens is 328 g/mol. The molecule has 2 unspecified atom stereocenters. The van der Waals surface area contributed by atoms with Gasteiger partial charge in [-0.3, -0.25) is 4.79 Å². The van der Waals surface area contributed by atoms with E-state index >= 15 is 0 Å². The number of fused-ring (bicyclic) bond motifs is 2. The Kier molecular flexibility index (Phi) is 4.81. The molecule has 0 saturated carbocycles. The summed E-state index contributed by atoms with van der Waals surface area (Å²) in [6.45, 7) is 0.781. The summed E-state index contributed by atoms with van der Waals surface area (Å²) in [6, 6.07) is 0. The molecule has 0 radical (unpaired) electrons. The zero-order chi connectivity index (χ0) is 15.4. The Labute approximate surface area is 134 Å². The fourth-order valence-corrected chi connectivity index (χ4v) is 3.19. The van der Waals surface area contributed by atoms with Gasteiger partial charge in [-0.15, -0.1) is 22.7 Å². The van der Waals surface area contributed by atoms with Crippen molar-refractivity contribution < 1.29 is 28.8 Å². The Balaban J connectivity index is 0.000000131. The summed E-state index contributed by atoms with van der Waals surface area (Å²) in [5.41, 5.74) is 0. The summed E-state index contributed by atoms with van der Waals surface area (Å²) in [7, 11) is 0. The van der Waals surface area contributed by atoms with Crippen LogP contribution in [-0.2, 0) is 4.79 Å². The Hall–Kier alpha value is -1.77. The summed E-state index contributed by atoms with van der Waals surface area (Å²) in [4.78, 5) is 10.3. The lowest BCUT2D eigenvalue weighted by molar-refractivity contribution is -0.115. The van der Waals surface area contributed by atoms with E-state index in [1.54, 1.807) is 0 Å². The van der Waals surface area contributed by atoms with Crippen molar-refractivity contribution in [3.05, 3.63) is 21.5 Å². The topological polar surface area (TPSA) is 74.2 Å². The lowest BCUT2D eigenvalue weighted by atomic mass is 10.3. The van der Waals surface area contributed by atoms with E-state index in [0.29, 0.717) is 19.0 Å². The van der Waals surface area contributed by atoms with E-state index in [4.69, 9.17) is 24.1 Å². The number of thiophene rings is 2. The number of ether oxygens (including phenoxy) is 4. The molecule has 2 aromatic rings. The minimum atomic E-state index is -0.433. The molecule has 0 amide bonds. The first-order chi connectivity index (χ1) is 10.8. The molecule has 22 heavy (non-hydrogen) atoms. The summed E-state index contributed by atoms with van der Waals surface area (Å²) in [6.07, 6.45) is 0.120. The molecule has 1 N–H and O–H groups in total. The molecule has 0 aromatic carbocycles. The molecule has 6 nitrogen and oxygen atoms in total. The second-order valence-electron chi connectivity index (χ2n) is 4.54. The fraction of sp³-hybridized carbons (Fsp3) is 0.357. The maximum atomic E-state index is 10.3. The number of aliphatic hydroxyl groups excluding tert-OH is 1. The molecule has 0 spiro atoms. The first-order valence-electron chi connectivity index (χ1n) is 6.57. The van der Waals surface area contributed by atoms with Gasteiger partial charge in [-0.2, -0.15) is 0 Å². The Morgan fingerprint density at radius 3 is 2.23 bits per heavy atom. The largest absolute Gasteiger partial charge is 0.485 e. The van der Waals surface area contributed by atoms with Gasteiger partial charge in [0.2, 0.25) is 0 Å². The molecule has 118 valence electrons. The van der Waals surface area contributed by atoms with Crippen LogP contribution in [0.25, 0.3) is 0 Å². The number of carbonyl (C=O) groups excluding carboxylic acids is 1. The number of hydrogen-bond acceptors (Lipinski definition) is 8. The predicted octanol–water partition coefficient (Wildman–Crippen LogP) is 1.97. The van der Waals surface area contributed by atoms with E-state index in [0.717, 1.165) is 23.5 Å². The van der Waals surface area contributed by atoms with E-state index in [1.807, 2.05) is 21.5 Å². The molecule has 4 heterocycles. The van der Waals surface area contributed by atoms with Crippen molar-refractivity contribution in [2.24, 2.45) is 0 Å². The Bertz CT molecular complexity index is 622. The molecular formula is C14H14O6S2. The third kappa shape index (κ3) is 3.34. The van der Waals surface area contributed by atoms with Gasteiger partial charge in [-0.1, -0.05) is 0 Å². The van der Waals surface area contributed by atoms with Gasteiger partial charge in [0.1, 0.15) is 13.2 Å². The average Bonchev–Trinajstić information content (AvgIpc) is 3.22. The van der Waals surface area contributed by atoms with Crippen LogP contribution in [0.1, 0.15) is 0 Å². The normalized spacial score (nSPS) is 21.5. The van der Waals surface area contributed by atoms with E-state index in [-0.39, 0.29) is 12.7 Å². The van der Waals surface area contributed by atoms with Gasteiger partial charge in [0.15, 0.2) is 41.5 Å². The quantitative estimate of drug-likeness (QED) is 0.841. The first kappa shape index (κ1) is 15.1. The number of aliphatic hydroxyl groups is 1. The molecule has 2 atom stereocenters. The van der Waals surface area contributed by atoms with Crippen LogP contribution in [0.15, 0.2) is 21.5 Å². The summed E-state index contributed by atoms with van der Waals surface area (Å²) < 4.78 is 21.1. The van der Waals surface area contributed by atoms with Crippen LogP contribution in [0.4, 0.5) is 0 Å². The second kappa shape index (κ2) is 6.99. The predicted molar refractivity (Wildman–Crippen MR) is 81.6 cm³/mol. The number of hydrogen-bond donors (Lipinski definition) is 1. The maximum absolute atomic E-state index is 10.3. The maximum Gasteiger partial charge on any atom is 0.187 e. The minimum Gasteiger partial charge on any atom is -0.485 e. The summed E-state index contributed by atoms with van der Waals surface area (Å²) in [5, 5.41) is 16.2. The van der Waals surface area contributed by atoms with Crippen LogP contribution in [0.5, 0.6) is 23.0 Å². The van der Waals surface area contributed by atoms with Gasteiger partial charge in [0, 0.05) is 21.5 Å². The number of rotatable bonds is 2. The molecule has 4 rings (SSSR count). The molecule has 0 fully saturated rings. The Morgan fingerprint density at radius 1 is 1.00 bits per heavy atom. The first-order valence-corrected chi connectivity index (χ1v) is 8.46. The van der Waals surface area contributed by atoms with E-state index in [2.05, 4.69) is 0 Å².